The number of aryl methyl sites for hydroxylation is 2. The highest BCUT2D eigenvalue weighted by molar-refractivity contribution is 6.17. The molecule has 2 rings (SSSR count). The number of rotatable bonds is 4. The zero-order valence-electron chi connectivity index (χ0n) is 10.7. The molecule has 0 fully saturated rings. The third-order valence-electron chi connectivity index (χ3n) is 2.87. The Morgan fingerprint density at radius 2 is 1.84 bits per heavy atom. The second-order valence-corrected chi connectivity index (χ2v) is 4.68. The van der Waals surface area contributed by atoms with Gasteiger partial charge < -0.3 is 0 Å². The van der Waals surface area contributed by atoms with Crippen LogP contribution in [0.4, 0.5) is 0 Å². The Morgan fingerprint density at radius 1 is 1.16 bits per heavy atom. The van der Waals surface area contributed by atoms with E-state index in [1.54, 1.807) is 37.4 Å². The average molecular weight is 279 g/mol. The Hall–Kier alpha value is -1.81. The van der Waals surface area contributed by atoms with Gasteiger partial charge in [-0.05, 0) is 25.5 Å². The van der Waals surface area contributed by atoms with Gasteiger partial charge in [-0.3, -0.25) is 9.36 Å². The summed E-state index contributed by atoms with van der Waals surface area (Å²) < 4.78 is 2.73. The van der Waals surface area contributed by atoms with Gasteiger partial charge in [0.2, 0.25) is 0 Å². The monoisotopic (exact) mass is 278 g/mol. The molecule has 0 unspecified atom stereocenters. The molecule has 1 aromatic carbocycles. The Kier molecular flexibility index (Phi) is 4.22. The summed E-state index contributed by atoms with van der Waals surface area (Å²) in [5.74, 6) is 0.482. The molecule has 2 aromatic rings. The van der Waals surface area contributed by atoms with Crippen molar-refractivity contribution in [2.24, 2.45) is 0 Å². The first-order valence-corrected chi connectivity index (χ1v) is 6.63. The van der Waals surface area contributed by atoms with Crippen LogP contribution in [0.2, 0.25) is 0 Å². The van der Waals surface area contributed by atoms with Crippen molar-refractivity contribution >= 4 is 11.6 Å². The molecule has 1 aromatic heterocycles. The van der Waals surface area contributed by atoms with E-state index in [0.29, 0.717) is 30.1 Å². The van der Waals surface area contributed by atoms with Crippen molar-refractivity contribution < 1.29 is 0 Å². The molecule has 19 heavy (non-hydrogen) atoms. The second-order valence-electron chi connectivity index (χ2n) is 4.31. The molecule has 0 spiro atoms. The summed E-state index contributed by atoms with van der Waals surface area (Å²) in [5.41, 5.74) is 0.518. The van der Waals surface area contributed by atoms with E-state index in [9.17, 15) is 9.59 Å². The molecule has 5 heteroatoms. The van der Waals surface area contributed by atoms with Crippen LogP contribution in [-0.4, -0.2) is 15.0 Å². The topological polar surface area (TPSA) is 44.0 Å². The zero-order chi connectivity index (χ0) is 13.8. The smallest absolute Gasteiger partial charge is 0.300 e. The first kappa shape index (κ1) is 13.6. The van der Waals surface area contributed by atoms with E-state index in [-0.39, 0.29) is 11.2 Å². The van der Waals surface area contributed by atoms with Gasteiger partial charge in [-0.2, -0.15) is 0 Å². The molecule has 0 aliphatic carbocycles. The van der Waals surface area contributed by atoms with E-state index in [4.69, 9.17) is 11.6 Å². The highest BCUT2D eigenvalue weighted by atomic mass is 35.5. The van der Waals surface area contributed by atoms with Crippen molar-refractivity contribution in [3.63, 3.8) is 0 Å². The van der Waals surface area contributed by atoms with Crippen LogP contribution in [0.3, 0.4) is 0 Å². The van der Waals surface area contributed by atoms with Crippen LogP contribution in [0, 0.1) is 6.92 Å². The SMILES string of the molecule is Cc1cn(CCCCl)c(=O)n(-c2ccccc2)c1=O. The molecule has 0 saturated carbocycles. The van der Waals surface area contributed by atoms with E-state index in [0.717, 1.165) is 0 Å². The van der Waals surface area contributed by atoms with Gasteiger partial charge in [0.1, 0.15) is 0 Å². The van der Waals surface area contributed by atoms with Crippen LogP contribution in [-0.2, 0) is 6.54 Å². The van der Waals surface area contributed by atoms with Crippen molar-refractivity contribution in [2.75, 3.05) is 5.88 Å². The third kappa shape index (κ3) is 2.79. The van der Waals surface area contributed by atoms with Gasteiger partial charge in [0.15, 0.2) is 0 Å². The van der Waals surface area contributed by atoms with E-state index in [1.807, 2.05) is 6.07 Å². The molecule has 100 valence electrons. The molecule has 0 amide bonds. The lowest BCUT2D eigenvalue weighted by atomic mass is 10.3. The maximum absolute atomic E-state index is 12.3. The van der Waals surface area contributed by atoms with Crippen molar-refractivity contribution in [3.8, 4) is 5.69 Å². The maximum Gasteiger partial charge on any atom is 0.335 e. The minimum atomic E-state index is -0.327. The molecule has 0 N–H and O–H groups in total. The van der Waals surface area contributed by atoms with Gasteiger partial charge in [-0.25, -0.2) is 9.36 Å². The van der Waals surface area contributed by atoms with Crippen LogP contribution in [0.5, 0.6) is 0 Å². The largest absolute Gasteiger partial charge is 0.335 e. The summed E-state index contributed by atoms with van der Waals surface area (Å²) >= 11 is 5.65. The Bertz CT molecular complexity index is 674. The fourth-order valence-electron chi connectivity index (χ4n) is 1.93. The predicted molar refractivity (Wildman–Crippen MR) is 76.4 cm³/mol. The average Bonchev–Trinajstić information content (AvgIpc) is 2.43. The Labute approximate surface area is 115 Å². The first-order chi connectivity index (χ1) is 9.15. The van der Waals surface area contributed by atoms with Crippen LogP contribution in [0.1, 0.15) is 12.0 Å². The summed E-state index contributed by atoms with van der Waals surface area (Å²) in [6.07, 6.45) is 2.28. The van der Waals surface area contributed by atoms with Crippen molar-refractivity contribution in [1.82, 2.24) is 9.13 Å². The van der Waals surface area contributed by atoms with Gasteiger partial charge in [-0.1, -0.05) is 18.2 Å². The maximum atomic E-state index is 12.3. The van der Waals surface area contributed by atoms with Crippen molar-refractivity contribution in [1.29, 1.82) is 0 Å². The van der Waals surface area contributed by atoms with Crippen LogP contribution < -0.4 is 11.2 Å². The minimum absolute atomic E-state index is 0.279. The highest BCUT2D eigenvalue weighted by Crippen LogP contribution is 2.02. The van der Waals surface area contributed by atoms with Crippen LogP contribution >= 0.6 is 11.6 Å². The number of benzene rings is 1. The fourth-order valence-corrected chi connectivity index (χ4v) is 2.05. The molecule has 1 heterocycles. The number of nitrogens with zero attached hydrogens (tertiary/aromatic N) is 2. The molecule has 0 aliphatic heterocycles. The zero-order valence-corrected chi connectivity index (χ0v) is 11.4. The van der Waals surface area contributed by atoms with E-state index in [2.05, 4.69) is 0 Å². The Balaban J connectivity index is 2.63. The summed E-state index contributed by atoms with van der Waals surface area (Å²) in [6.45, 7) is 2.22. The number of alkyl halides is 1. The normalized spacial score (nSPS) is 10.6. The number of hydrogen-bond acceptors (Lipinski definition) is 2. The molecule has 0 radical (unpaired) electrons. The number of aromatic nitrogens is 2. The number of halogens is 1. The third-order valence-corrected chi connectivity index (χ3v) is 3.14. The fraction of sp³-hybridized carbons (Fsp3) is 0.286. The quantitative estimate of drug-likeness (QED) is 0.802. The van der Waals surface area contributed by atoms with Crippen molar-refractivity contribution in [3.05, 3.63) is 62.9 Å². The molecule has 4 nitrogen and oxygen atoms in total. The summed E-state index contributed by atoms with van der Waals surface area (Å²) in [6, 6.07) is 8.93. The predicted octanol–water partition coefficient (Wildman–Crippen LogP) is 1.94. The molecule has 0 saturated heterocycles. The van der Waals surface area contributed by atoms with Crippen molar-refractivity contribution in [2.45, 2.75) is 19.9 Å². The van der Waals surface area contributed by atoms with Crippen LogP contribution in [0.15, 0.2) is 46.1 Å². The second kappa shape index (κ2) is 5.89. The lowest BCUT2D eigenvalue weighted by Gasteiger charge is -2.11. The first-order valence-electron chi connectivity index (χ1n) is 6.09. The summed E-state index contributed by atoms with van der Waals surface area (Å²) in [7, 11) is 0. The lowest BCUT2D eigenvalue weighted by Crippen LogP contribution is -2.39. The molecule has 0 atom stereocenters. The summed E-state index contributed by atoms with van der Waals surface area (Å²) in [5, 5.41) is 0. The standard InChI is InChI=1S/C14H15ClN2O2/c1-11-10-16(9-5-8-15)14(19)17(13(11)18)12-6-3-2-4-7-12/h2-4,6-7,10H,5,8-9H2,1H3. The van der Waals surface area contributed by atoms with Crippen LogP contribution in [0.25, 0.3) is 5.69 Å². The van der Waals surface area contributed by atoms with Gasteiger partial charge in [-0.15, -0.1) is 11.6 Å². The molecule has 0 bridgehead atoms. The van der Waals surface area contributed by atoms with Gasteiger partial charge >= 0.3 is 5.69 Å². The highest BCUT2D eigenvalue weighted by Gasteiger charge is 2.09. The van der Waals surface area contributed by atoms with Gasteiger partial charge in [0, 0.05) is 24.2 Å². The van der Waals surface area contributed by atoms with Gasteiger partial charge in [0.05, 0.1) is 5.69 Å². The number of para-hydroxylation sites is 1. The molecule has 0 aliphatic rings. The Morgan fingerprint density at radius 3 is 2.47 bits per heavy atom. The van der Waals surface area contributed by atoms with E-state index in [1.165, 1.54) is 9.13 Å². The molecular formula is C14H15ClN2O2. The lowest BCUT2D eigenvalue weighted by molar-refractivity contribution is 0.608. The summed E-state index contributed by atoms with van der Waals surface area (Å²) in [4.78, 5) is 24.5. The molecular weight excluding hydrogens is 264 g/mol. The number of hydrogen-bond donors (Lipinski definition) is 0. The van der Waals surface area contributed by atoms with E-state index < -0.39 is 0 Å². The van der Waals surface area contributed by atoms with E-state index >= 15 is 0 Å². The van der Waals surface area contributed by atoms with Gasteiger partial charge in [0.25, 0.3) is 5.56 Å². The minimum Gasteiger partial charge on any atom is -0.300 e.